The summed E-state index contributed by atoms with van der Waals surface area (Å²) >= 11 is 0. The van der Waals surface area contributed by atoms with Crippen molar-refractivity contribution in [2.45, 2.75) is 37.6 Å². The molecular formula is C19H20O6. The monoisotopic (exact) mass is 344 g/mol. The Labute approximate surface area is 144 Å². The van der Waals surface area contributed by atoms with Gasteiger partial charge in [0.05, 0.1) is 12.2 Å². The first-order chi connectivity index (χ1) is 11.8. The van der Waals surface area contributed by atoms with E-state index in [2.05, 4.69) is 0 Å². The van der Waals surface area contributed by atoms with Gasteiger partial charge in [0.25, 0.3) is 0 Å². The van der Waals surface area contributed by atoms with Gasteiger partial charge in [-0.15, -0.1) is 0 Å². The molecule has 132 valence electrons. The molecule has 6 heteroatoms. The summed E-state index contributed by atoms with van der Waals surface area (Å²) in [5.74, 6) is -0.653. The van der Waals surface area contributed by atoms with Crippen LogP contribution in [0.1, 0.15) is 17.5 Å². The molecule has 5 N–H and O–H groups in total. The van der Waals surface area contributed by atoms with Crippen molar-refractivity contribution < 1.29 is 30.3 Å². The number of phenols is 2. The Morgan fingerprint density at radius 2 is 1.20 bits per heavy atom. The summed E-state index contributed by atoms with van der Waals surface area (Å²) in [6.45, 7) is 0. The summed E-state index contributed by atoms with van der Waals surface area (Å²) < 4.78 is 0. The van der Waals surface area contributed by atoms with Gasteiger partial charge in [-0.1, -0.05) is 12.1 Å². The summed E-state index contributed by atoms with van der Waals surface area (Å²) in [4.78, 5) is 12.1. The summed E-state index contributed by atoms with van der Waals surface area (Å²) in [5, 5.41) is 50.5. The lowest BCUT2D eigenvalue weighted by Crippen LogP contribution is -2.34. The molecule has 2 aromatic rings. The fourth-order valence-electron chi connectivity index (χ4n) is 3.04. The molecule has 2 aromatic carbocycles. The smallest absolute Gasteiger partial charge is 0.164 e. The fraction of sp³-hybridized carbons (Fsp3) is 0.316. The zero-order chi connectivity index (χ0) is 18.1. The molecular weight excluding hydrogens is 324 g/mol. The largest absolute Gasteiger partial charge is 0.507 e. The Hall–Kier alpha value is -2.41. The molecule has 0 amide bonds. The van der Waals surface area contributed by atoms with Gasteiger partial charge in [0.2, 0.25) is 0 Å². The van der Waals surface area contributed by atoms with Gasteiger partial charge in [0, 0.05) is 30.4 Å². The van der Waals surface area contributed by atoms with Gasteiger partial charge in [-0.05, 0) is 35.4 Å². The molecule has 1 aliphatic carbocycles. The molecule has 1 aliphatic rings. The number of phenolic OH excluding ortho intramolecular Hbond substituents is 2. The first-order valence-corrected chi connectivity index (χ1v) is 8.06. The number of aromatic hydroxyl groups is 2. The molecule has 0 spiro atoms. The number of fused-ring (bicyclic) bond motifs is 5. The predicted molar refractivity (Wildman–Crippen MR) is 90.3 cm³/mol. The van der Waals surface area contributed by atoms with E-state index in [4.69, 9.17) is 0 Å². The summed E-state index contributed by atoms with van der Waals surface area (Å²) in [7, 11) is 0. The minimum atomic E-state index is -1.32. The highest BCUT2D eigenvalue weighted by Crippen LogP contribution is 2.37. The quantitative estimate of drug-likeness (QED) is 0.485. The van der Waals surface area contributed by atoms with Crippen LogP contribution < -0.4 is 0 Å². The predicted octanol–water partition coefficient (Wildman–Crippen LogP) is 0.905. The van der Waals surface area contributed by atoms with Crippen molar-refractivity contribution in [1.29, 1.82) is 0 Å². The minimum absolute atomic E-state index is 0.00931. The molecule has 0 aromatic heterocycles. The van der Waals surface area contributed by atoms with Crippen molar-refractivity contribution in [1.82, 2.24) is 0 Å². The van der Waals surface area contributed by atoms with Crippen molar-refractivity contribution in [2.24, 2.45) is 0 Å². The van der Waals surface area contributed by atoms with Gasteiger partial charge >= 0.3 is 0 Å². The molecule has 0 saturated carbocycles. The van der Waals surface area contributed by atoms with E-state index in [-0.39, 0.29) is 30.8 Å². The molecule has 25 heavy (non-hydrogen) atoms. The highest BCUT2D eigenvalue weighted by molar-refractivity contribution is 5.84. The van der Waals surface area contributed by atoms with E-state index in [9.17, 15) is 30.3 Å². The fourth-order valence-corrected chi connectivity index (χ4v) is 3.04. The Balaban J connectivity index is 2.14. The lowest BCUT2D eigenvalue weighted by molar-refractivity contribution is -0.130. The van der Waals surface area contributed by atoms with Crippen LogP contribution in [-0.4, -0.2) is 49.6 Å². The van der Waals surface area contributed by atoms with Crippen LogP contribution in [0.25, 0.3) is 11.1 Å². The molecule has 3 atom stereocenters. The maximum Gasteiger partial charge on any atom is 0.164 e. The molecule has 3 rings (SSSR count). The second-order valence-electron chi connectivity index (χ2n) is 6.43. The van der Waals surface area contributed by atoms with Crippen LogP contribution in [0.4, 0.5) is 0 Å². The minimum Gasteiger partial charge on any atom is -0.507 e. The maximum atomic E-state index is 12.1. The first kappa shape index (κ1) is 17.4. The molecule has 0 unspecified atom stereocenters. The normalized spacial score (nSPS) is 24.1. The first-order valence-electron chi connectivity index (χ1n) is 8.06. The van der Waals surface area contributed by atoms with Crippen molar-refractivity contribution >= 4 is 5.78 Å². The number of carbonyl (C=O) groups excluding carboxylic acids is 1. The van der Waals surface area contributed by atoms with Gasteiger partial charge in [-0.3, -0.25) is 4.79 Å². The number of carbonyl (C=O) groups is 1. The molecule has 4 bridgehead atoms. The van der Waals surface area contributed by atoms with Gasteiger partial charge in [0.1, 0.15) is 17.6 Å². The third kappa shape index (κ3) is 3.66. The van der Waals surface area contributed by atoms with E-state index in [0.717, 1.165) is 0 Å². The number of Topliss-reactive ketones (excluding diaryl/α,β-unsaturated/α-hetero) is 1. The van der Waals surface area contributed by atoms with Gasteiger partial charge in [-0.2, -0.15) is 0 Å². The topological polar surface area (TPSA) is 118 Å². The van der Waals surface area contributed by atoms with Crippen molar-refractivity contribution in [2.75, 3.05) is 0 Å². The van der Waals surface area contributed by atoms with Crippen molar-refractivity contribution in [3.63, 3.8) is 0 Å². The Bertz CT molecular complexity index is 800. The second-order valence-corrected chi connectivity index (χ2v) is 6.43. The van der Waals surface area contributed by atoms with Crippen LogP contribution in [0.15, 0.2) is 36.4 Å². The highest BCUT2D eigenvalue weighted by Gasteiger charge is 2.25. The van der Waals surface area contributed by atoms with Gasteiger partial charge < -0.3 is 25.5 Å². The van der Waals surface area contributed by atoms with E-state index >= 15 is 0 Å². The highest BCUT2D eigenvalue weighted by atomic mass is 16.3. The van der Waals surface area contributed by atoms with E-state index in [1.807, 2.05) is 0 Å². The van der Waals surface area contributed by atoms with E-state index in [0.29, 0.717) is 22.3 Å². The van der Waals surface area contributed by atoms with Gasteiger partial charge in [0.15, 0.2) is 5.78 Å². The molecule has 0 heterocycles. The SMILES string of the molecule is O=C1C[C@@H](O)[C@@H](O)Cc2ccc(O)c(c2)-c2cc(ccc2O)C[C@H]1O. The van der Waals surface area contributed by atoms with Crippen LogP contribution >= 0.6 is 0 Å². The van der Waals surface area contributed by atoms with Crippen molar-refractivity contribution in [3.8, 4) is 22.6 Å². The third-order valence-corrected chi connectivity index (χ3v) is 4.51. The Kier molecular flexibility index (Phi) is 4.76. The van der Waals surface area contributed by atoms with Gasteiger partial charge in [-0.25, -0.2) is 0 Å². The molecule has 0 aliphatic heterocycles. The van der Waals surface area contributed by atoms with E-state index in [1.54, 1.807) is 24.3 Å². The molecule has 0 fully saturated rings. The number of aliphatic hydroxyl groups excluding tert-OH is 3. The van der Waals surface area contributed by atoms with E-state index < -0.39 is 24.1 Å². The van der Waals surface area contributed by atoms with Crippen LogP contribution in [0.3, 0.4) is 0 Å². The van der Waals surface area contributed by atoms with Crippen LogP contribution in [0.2, 0.25) is 0 Å². The number of rotatable bonds is 0. The lowest BCUT2D eigenvalue weighted by atomic mass is 9.96. The van der Waals surface area contributed by atoms with Crippen LogP contribution in [-0.2, 0) is 17.6 Å². The maximum absolute atomic E-state index is 12.1. The lowest BCUT2D eigenvalue weighted by Gasteiger charge is -2.19. The van der Waals surface area contributed by atoms with Crippen LogP contribution in [0.5, 0.6) is 11.5 Å². The second kappa shape index (κ2) is 6.84. The average Bonchev–Trinajstić information content (AvgIpc) is 2.57. The summed E-state index contributed by atoms with van der Waals surface area (Å²) in [6, 6.07) is 9.32. The average molecular weight is 344 g/mol. The van der Waals surface area contributed by atoms with Crippen LogP contribution in [0, 0.1) is 0 Å². The third-order valence-electron chi connectivity index (χ3n) is 4.51. The Morgan fingerprint density at radius 1 is 0.720 bits per heavy atom. The number of benzene rings is 2. The number of hydrogen-bond donors (Lipinski definition) is 5. The summed E-state index contributed by atoms with van der Waals surface area (Å²) in [6.07, 6.45) is -4.08. The van der Waals surface area contributed by atoms with Crippen molar-refractivity contribution in [3.05, 3.63) is 47.5 Å². The standard InChI is InChI=1S/C19H20O6/c20-14-3-1-10-5-12(14)13-6-11(2-4-15(13)21)8-17(23)19(25)9-18(24)16(22)7-10/h1-6,16-18,20-24H,7-9H2/t16-,17+,18+/m0/s1. The zero-order valence-corrected chi connectivity index (χ0v) is 13.5. The molecule has 6 nitrogen and oxygen atoms in total. The summed E-state index contributed by atoms with van der Waals surface area (Å²) in [5.41, 5.74) is 1.98. The number of ketones is 1. The zero-order valence-electron chi connectivity index (χ0n) is 13.5. The molecule has 0 radical (unpaired) electrons. The number of hydrogen-bond acceptors (Lipinski definition) is 6. The number of aliphatic hydroxyl groups is 3. The van der Waals surface area contributed by atoms with E-state index in [1.165, 1.54) is 12.1 Å². The Morgan fingerprint density at radius 3 is 1.76 bits per heavy atom. The molecule has 0 saturated heterocycles.